The minimum Gasteiger partial charge on any atom is -0.465 e. The summed E-state index contributed by atoms with van der Waals surface area (Å²) in [6.07, 6.45) is 4.20. The number of esters is 1. The fraction of sp³-hybridized carbons (Fsp3) is 0.857. The molecule has 2 atom stereocenters. The van der Waals surface area contributed by atoms with E-state index in [9.17, 15) is 9.59 Å². The van der Waals surface area contributed by atoms with E-state index in [1.165, 1.54) is 0 Å². The third-order valence-electron chi connectivity index (χ3n) is 3.91. The molecule has 0 aromatic rings. The van der Waals surface area contributed by atoms with Crippen LogP contribution in [0.4, 0.5) is 0 Å². The fourth-order valence-electron chi connectivity index (χ4n) is 2.68. The number of hydrogen-bond acceptors (Lipinski definition) is 4. The van der Waals surface area contributed by atoms with E-state index < -0.39 is 0 Å². The number of nitrogens with zero attached hydrogens (tertiary/aromatic N) is 1. The van der Waals surface area contributed by atoms with Crippen molar-refractivity contribution in [2.24, 2.45) is 5.92 Å². The second-order valence-corrected chi connectivity index (χ2v) is 5.55. The molecule has 0 aromatic heterocycles. The Kier molecular flexibility index (Phi) is 4.80. The van der Waals surface area contributed by atoms with Gasteiger partial charge in [-0.3, -0.25) is 9.59 Å². The Hall–Kier alpha value is -1.10. The summed E-state index contributed by atoms with van der Waals surface area (Å²) in [5, 5.41) is 3.29. The summed E-state index contributed by atoms with van der Waals surface area (Å²) < 4.78 is 4.96. The Labute approximate surface area is 114 Å². The average molecular weight is 268 g/mol. The highest BCUT2D eigenvalue weighted by molar-refractivity contribution is 5.86. The van der Waals surface area contributed by atoms with Crippen LogP contribution < -0.4 is 5.32 Å². The first kappa shape index (κ1) is 14.3. The van der Waals surface area contributed by atoms with Crippen molar-refractivity contribution in [3.63, 3.8) is 0 Å². The van der Waals surface area contributed by atoms with Crippen LogP contribution in [-0.2, 0) is 14.3 Å². The Morgan fingerprint density at radius 3 is 2.63 bits per heavy atom. The molecule has 1 saturated heterocycles. The second-order valence-electron chi connectivity index (χ2n) is 5.55. The second kappa shape index (κ2) is 6.37. The zero-order chi connectivity index (χ0) is 13.8. The van der Waals surface area contributed by atoms with Gasteiger partial charge in [-0.25, -0.2) is 0 Å². The van der Waals surface area contributed by atoms with Crippen LogP contribution in [0.1, 0.15) is 39.5 Å². The maximum absolute atomic E-state index is 12.6. The maximum Gasteiger partial charge on any atom is 0.325 e. The molecule has 19 heavy (non-hydrogen) atoms. The molecule has 0 spiro atoms. The predicted octanol–water partition coefficient (Wildman–Crippen LogP) is 0.929. The fourth-order valence-corrected chi connectivity index (χ4v) is 2.68. The Morgan fingerprint density at radius 1 is 1.32 bits per heavy atom. The van der Waals surface area contributed by atoms with E-state index in [0.717, 1.165) is 32.2 Å². The van der Waals surface area contributed by atoms with Crippen LogP contribution >= 0.6 is 0 Å². The number of rotatable bonds is 5. The van der Waals surface area contributed by atoms with Gasteiger partial charge in [0.25, 0.3) is 0 Å². The summed E-state index contributed by atoms with van der Waals surface area (Å²) in [7, 11) is 0. The van der Waals surface area contributed by atoms with E-state index in [4.69, 9.17) is 4.74 Å². The minimum atomic E-state index is -0.300. The summed E-state index contributed by atoms with van der Waals surface area (Å²) in [5.74, 6) is 0.110. The Balaban J connectivity index is 1.97. The van der Waals surface area contributed by atoms with E-state index >= 15 is 0 Å². The highest BCUT2D eigenvalue weighted by Crippen LogP contribution is 2.29. The Bertz CT molecular complexity index is 342. The molecule has 1 aliphatic heterocycles. The molecule has 0 radical (unpaired) electrons. The lowest BCUT2D eigenvalue weighted by molar-refractivity contribution is -0.150. The van der Waals surface area contributed by atoms with E-state index in [0.29, 0.717) is 12.5 Å². The quantitative estimate of drug-likeness (QED) is 0.754. The smallest absolute Gasteiger partial charge is 0.325 e. The molecule has 1 aliphatic carbocycles. The van der Waals surface area contributed by atoms with Crippen molar-refractivity contribution in [1.82, 2.24) is 10.2 Å². The van der Waals surface area contributed by atoms with E-state index in [1.807, 2.05) is 0 Å². The van der Waals surface area contributed by atoms with Crippen molar-refractivity contribution in [3.8, 4) is 0 Å². The molecule has 5 nitrogen and oxygen atoms in total. The molecule has 0 bridgehead atoms. The largest absolute Gasteiger partial charge is 0.465 e. The minimum absolute atomic E-state index is 0.0720. The van der Waals surface area contributed by atoms with Crippen molar-refractivity contribution in [2.45, 2.75) is 51.6 Å². The van der Waals surface area contributed by atoms with Gasteiger partial charge in [-0.15, -0.1) is 0 Å². The van der Waals surface area contributed by atoms with Gasteiger partial charge in [0.2, 0.25) is 5.91 Å². The van der Waals surface area contributed by atoms with E-state index in [2.05, 4.69) is 12.2 Å². The first-order chi connectivity index (χ1) is 9.13. The van der Waals surface area contributed by atoms with Crippen molar-refractivity contribution in [2.75, 3.05) is 19.7 Å². The van der Waals surface area contributed by atoms with Gasteiger partial charge >= 0.3 is 5.97 Å². The number of nitrogens with one attached hydrogen (secondary N) is 1. The molecule has 0 aromatic carbocycles. The molecule has 1 N–H and O–H groups in total. The van der Waals surface area contributed by atoms with Gasteiger partial charge in [-0.05, 0) is 45.1 Å². The lowest BCUT2D eigenvalue weighted by Crippen LogP contribution is -2.54. The van der Waals surface area contributed by atoms with Crippen LogP contribution in [0.15, 0.2) is 0 Å². The van der Waals surface area contributed by atoms with Crippen molar-refractivity contribution in [3.05, 3.63) is 0 Å². The van der Waals surface area contributed by atoms with Crippen LogP contribution in [0, 0.1) is 5.92 Å². The molecule has 1 saturated carbocycles. The standard InChI is InChI=1S/C14H24N2O3/c1-3-19-12(17)9-16(11-6-7-11)14(18)13-10(2)5-4-8-15-13/h10-11,13,15H,3-9H2,1-2H3. The number of carbonyl (C=O) groups is 2. The lowest BCUT2D eigenvalue weighted by atomic mass is 9.91. The van der Waals surface area contributed by atoms with Gasteiger partial charge in [0.05, 0.1) is 12.6 Å². The van der Waals surface area contributed by atoms with Crippen LogP contribution in [0.3, 0.4) is 0 Å². The maximum atomic E-state index is 12.6. The molecule has 2 rings (SSSR count). The third kappa shape index (κ3) is 3.69. The van der Waals surface area contributed by atoms with Gasteiger partial charge in [0, 0.05) is 6.04 Å². The normalized spacial score (nSPS) is 26.8. The molecular weight excluding hydrogens is 244 g/mol. The number of hydrogen-bond donors (Lipinski definition) is 1. The molecule has 1 amide bonds. The molecule has 5 heteroatoms. The average Bonchev–Trinajstić information content (AvgIpc) is 3.20. The van der Waals surface area contributed by atoms with Gasteiger partial charge in [0.1, 0.15) is 6.54 Å². The predicted molar refractivity (Wildman–Crippen MR) is 71.6 cm³/mol. The topological polar surface area (TPSA) is 58.6 Å². The van der Waals surface area contributed by atoms with E-state index in [1.54, 1.807) is 11.8 Å². The molecule has 2 aliphatic rings. The SMILES string of the molecule is CCOC(=O)CN(C(=O)C1NCCCC1C)C1CC1. The highest BCUT2D eigenvalue weighted by atomic mass is 16.5. The number of ether oxygens (including phenoxy) is 1. The van der Waals surface area contributed by atoms with Gasteiger partial charge in [-0.1, -0.05) is 6.92 Å². The van der Waals surface area contributed by atoms with E-state index in [-0.39, 0.29) is 30.5 Å². The summed E-state index contributed by atoms with van der Waals surface area (Å²) in [4.78, 5) is 25.9. The first-order valence-corrected chi connectivity index (χ1v) is 7.33. The highest BCUT2D eigenvalue weighted by Gasteiger charge is 2.39. The summed E-state index contributed by atoms with van der Waals surface area (Å²) >= 11 is 0. The third-order valence-corrected chi connectivity index (χ3v) is 3.91. The number of piperidine rings is 1. The summed E-state index contributed by atoms with van der Waals surface area (Å²) in [6.45, 7) is 5.24. The lowest BCUT2D eigenvalue weighted by Gasteiger charge is -2.33. The summed E-state index contributed by atoms with van der Waals surface area (Å²) in [5.41, 5.74) is 0. The van der Waals surface area contributed by atoms with Crippen LogP contribution in [-0.4, -0.2) is 48.6 Å². The van der Waals surface area contributed by atoms with Crippen LogP contribution in [0.25, 0.3) is 0 Å². The zero-order valence-corrected chi connectivity index (χ0v) is 11.9. The van der Waals surface area contributed by atoms with Gasteiger partial charge in [0.15, 0.2) is 0 Å². The monoisotopic (exact) mass is 268 g/mol. The van der Waals surface area contributed by atoms with Crippen molar-refractivity contribution in [1.29, 1.82) is 0 Å². The Morgan fingerprint density at radius 2 is 2.05 bits per heavy atom. The number of amides is 1. The number of carbonyl (C=O) groups excluding carboxylic acids is 2. The molecular formula is C14H24N2O3. The van der Waals surface area contributed by atoms with Crippen molar-refractivity contribution >= 4 is 11.9 Å². The molecule has 2 fully saturated rings. The molecule has 1 heterocycles. The van der Waals surface area contributed by atoms with Gasteiger partial charge < -0.3 is 15.0 Å². The zero-order valence-electron chi connectivity index (χ0n) is 11.9. The van der Waals surface area contributed by atoms with Crippen molar-refractivity contribution < 1.29 is 14.3 Å². The van der Waals surface area contributed by atoms with Gasteiger partial charge in [-0.2, -0.15) is 0 Å². The molecule has 108 valence electrons. The molecule has 2 unspecified atom stereocenters. The first-order valence-electron chi connectivity index (χ1n) is 7.33. The summed E-state index contributed by atoms with van der Waals surface area (Å²) in [6, 6.07) is 0.108. The van der Waals surface area contributed by atoms with Crippen LogP contribution in [0.2, 0.25) is 0 Å². The van der Waals surface area contributed by atoms with Crippen LogP contribution in [0.5, 0.6) is 0 Å².